The zero-order valence-corrected chi connectivity index (χ0v) is 12.1. The zero-order valence-electron chi connectivity index (χ0n) is 11.3. The van der Waals surface area contributed by atoms with Crippen molar-refractivity contribution in [3.05, 3.63) is 12.1 Å². The summed E-state index contributed by atoms with van der Waals surface area (Å²) in [7, 11) is 2.53. The summed E-state index contributed by atoms with van der Waals surface area (Å²) in [6.45, 7) is 0. The lowest BCUT2D eigenvalue weighted by molar-refractivity contribution is 0.355. The zero-order chi connectivity index (χ0) is 13.8. The van der Waals surface area contributed by atoms with Crippen LogP contribution in [0.5, 0.6) is 11.5 Å². The second-order valence-corrected chi connectivity index (χ2v) is 6.26. The summed E-state index contributed by atoms with van der Waals surface area (Å²) in [5.74, 6) is 2.78. The van der Waals surface area contributed by atoms with E-state index in [1.165, 1.54) is 0 Å². The van der Waals surface area contributed by atoms with Crippen LogP contribution in [0.25, 0.3) is 0 Å². The molecule has 1 aliphatic heterocycles. The Labute approximate surface area is 115 Å². The lowest BCUT2D eigenvalue weighted by atomic mass is 10.1. The number of rotatable bonds is 4. The highest BCUT2D eigenvalue weighted by molar-refractivity contribution is 7.85. The third-order valence-electron chi connectivity index (χ3n) is 3.30. The Morgan fingerprint density at radius 3 is 2.37 bits per heavy atom. The van der Waals surface area contributed by atoms with Gasteiger partial charge in [0.1, 0.15) is 0 Å². The summed E-state index contributed by atoms with van der Waals surface area (Å²) < 4.78 is 21.8. The molecule has 1 fully saturated rings. The van der Waals surface area contributed by atoms with Gasteiger partial charge in [-0.3, -0.25) is 4.21 Å². The summed E-state index contributed by atoms with van der Waals surface area (Å²) >= 11 is 0. The van der Waals surface area contributed by atoms with E-state index in [4.69, 9.17) is 15.2 Å². The van der Waals surface area contributed by atoms with Gasteiger partial charge in [0.2, 0.25) is 0 Å². The Balaban J connectivity index is 2.13. The molecule has 19 heavy (non-hydrogen) atoms. The van der Waals surface area contributed by atoms with E-state index in [1.54, 1.807) is 20.3 Å². The predicted molar refractivity (Wildman–Crippen MR) is 78.5 cm³/mol. The Morgan fingerprint density at radius 2 is 1.79 bits per heavy atom. The van der Waals surface area contributed by atoms with E-state index in [0.29, 0.717) is 23.2 Å². The Hall–Kier alpha value is -1.43. The molecule has 5 nitrogen and oxygen atoms in total. The molecule has 0 aliphatic carbocycles. The number of hydrogen-bond acceptors (Lipinski definition) is 5. The fraction of sp³-hybridized carbons (Fsp3) is 0.538. The molecule has 0 bridgehead atoms. The summed E-state index contributed by atoms with van der Waals surface area (Å²) in [6.07, 6.45) is 1.81. The number of anilines is 2. The van der Waals surface area contributed by atoms with Gasteiger partial charge in [-0.05, 0) is 12.8 Å². The van der Waals surface area contributed by atoms with Crippen molar-refractivity contribution in [2.24, 2.45) is 0 Å². The molecule has 0 unspecified atom stereocenters. The van der Waals surface area contributed by atoms with E-state index in [9.17, 15) is 4.21 Å². The monoisotopic (exact) mass is 284 g/mol. The van der Waals surface area contributed by atoms with Gasteiger partial charge in [-0.15, -0.1) is 0 Å². The van der Waals surface area contributed by atoms with Crippen molar-refractivity contribution in [3.63, 3.8) is 0 Å². The summed E-state index contributed by atoms with van der Waals surface area (Å²) in [6, 6.07) is 3.92. The molecule has 0 atom stereocenters. The maximum Gasteiger partial charge on any atom is 0.162 e. The quantitative estimate of drug-likeness (QED) is 0.822. The maximum atomic E-state index is 11.3. The van der Waals surface area contributed by atoms with Gasteiger partial charge in [0.05, 0.1) is 25.6 Å². The summed E-state index contributed by atoms with van der Waals surface area (Å²) in [5.41, 5.74) is 7.48. The van der Waals surface area contributed by atoms with Crippen molar-refractivity contribution in [1.82, 2.24) is 0 Å². The Kier molecular flexibility index (Phi) is 4.52. The lowest BCUT2D eigenvalue weighted by Gasteiger charge is -2.25. The van der Waals surface area contributed by atoms with E-state index in [-0.39, 0.29) is 0 Å². The summed E-state index contributed by atoms with van der Waals surface area (Å²) in [4.78, 5) is 0. The molecule has 0 radical (unpaired) electrons. The number of ether oxygens (including phenoxy) is 2. The number of nitrogens with two attached hydrogens (primary N) is 1. The molecule has 0 amide bonds. The standard InChI is InChI=1S/C13H20N2O3S/c1-17-12-7-10(14)11(8-13(12)18-2)15-9-3-5-19(16)6-4-9/h7-9,15H,3-6,14H2,1-2H3. The van der Waals surface area contributed by atoms with Crippen molar-refractivity contribution < 1.29 is 13.7 Å². The van der Waals surface area contributed by atoms with Crippen LogP contribution in [0.3, 0.4) is 0 Å². The third-order valence-corrected chi connectivity index (χ3v) is 4.69. The molecule has 6 heteroatoms. The highest BCUT2D eigenvalue weighted by Crippen LogP contribution is 2.35. The Morgan fingerprint density at radius 1 is 1.21 bits per heavy atom. The van der Waals surface area contributed by atoms with Crippen LogP contribution < -0.4 is 20.5 Å². The first kappa shape index (κ1) is 14.0. The molecule has 106 valence electrons. The average molecular weight is 284 g/mol. The summed E-state index contributed by atoms with van der Waals surface area (Å²) in [5, 5.41) is 3.40. The number of hydrogen-bond donors (Lipinski definition) is 2. The molecule has 1 aromatic rings. The van der Waals surface area contributed by atoms with Gasteiger partial charge in [-0.2, -0.15) is 0 Å². The smallest absolute Gasteiger partial charge is 0.162 e. The molecule has 1 saturated heterocycles. The van der Waals surface area contributed by atoms with Gasteiger partial charge in [-0.1, -0.05) is 0 Å². The van der Waals surface area contributed by atoms with E-state index in [0.717, 1.165) is 30.0 Å². The van der Waals surface area contributed by atoms with E-state index >= 15 is 0 Å². The van der Waals surface area contributed by atoms with Crippen molar-refractivity contribution in [1.29, 1.82) is 0 Å². The van der Waals surface area contributed by atoms with Gasteiger partial charge in [0.15, 0.2) is 11.5 Å². The fourth-order valence-electron chi connectivity index (χ4n) is 2.18. The van der Waals surface area contributed by atoms with Crippen molar-refractivity contribution >= 4 is 22.2 Å². The molecule has 1 aliphatic rings. The lowest BCUT2D eigenvalue weighted by Crippen LogP contribution is -2.29. The second-order valence-electron chi connectivity index (χ2n) is 4.56. The number of methoxy groups -OCH3 is 2. The molecular weight excluding hydrogens is 264 g/mol. The molecule has 0 saturated carbocycles. The van der Waals surface area contributed by atoms with E-state index in [2.05, 4.69) is 5.32 Å². The van der Waals surface area contributed by atoms with Crippen molar-refractivity contribution in [2.75, 3.05) is 36.8 Å². The Bertz CT molecular complexity index is 469. The minimum atomic E-state index is -0.651. The highest BCUT2D eigenvalue weighted by atomic mass is 32.2. The molecule has 1 heterocycles. The maximum absolute atomic E-state index is 11.3. The van der Waals surface area contributed by atoms with Crippen LogP contribution in [-0.2, 0) is 10.8 Å². The SMILES string of the molecule is COc1cc(N)c(NC2CCS(=O)CC2)cc1OC. The largest absolute Gasteiger partial charge is 0.493 e. The van der Waals surface area contributed by atoms with Gasteiger partial charge >= 0.3 is 0 Å². The van der Waals surface area contributed by atoms with Crippen LogP contribution in [0.15, 0.2) is 12.1 Å². The van der Waals surface area contributed by atoms with Gasteiger partial charge < -0.3 is 20.5 Å². The topological polar surface area (TPSA) is 73.6 Å². The fourth-order valence-corrected chi connectivity index (χ4v) is 3.48. The predicted octanol–water partition coefficient (Wildman–Crippen LogP) is 1.61. The highest BCUT2D eigenvalue weighted by Gasteiger charge is 2.19. The molecular formula is C13H20N2O3S. The van der Waals surface area contributed by atoms with Crippen molar-refractivity contribution in [2.45, 2.75) is 18.9 Å². The second kappa shape index (κ2) is 6.14. The van der Waals surface area contributed by atoms with Gasteiger partial charge in [0.25, 0.3) is 0 Å². The molecule has 3 N–H and O–H groups in total. The molecule has 0 aromatic heterocycles. The number of nitrogen functional groups attached to an aromatic ring is 1. The molecule has 1 aromatic carbocycles. The minimum Gasteiger partial charge on any atom is -0.493 e. The molecule has 2 rings (SSSR count). The third kappa shape index (κ3) is 3.32. The van der Waals surface area contributed by atoms with Crippen LogP contribution in [-0.4, -0.2) is 36.0 Å². The van der Waals surface area contributed by atoms with Crippen LogP contribution in [0.4, 0.5) is 11.4 Å². The molecule has 0 spiro atoms. The van der Waals surface area contributed by atoms with Crippen LogP contribution in [0.2, 0.25) is 0 Å². The first-order chi connectivity index (χ1) is 9.13. The first-order valence-corrected chi connectivity index (χ1v) is 7.76. The van der Waals surface area contributed by atoms with E-state index < -0.39 is 10.8 Å². The van der Waals surface area contributed by atoms with Gasteiger partial charge in [-0.25, -0.2) is 0 Å². The minimum absolute atomic E-state index is 0.318. The first-order valence-electron chi connectivity index (χ1n) is 6.27. The number of nitrogens with one attached hydrogen (secondary N) is 1. The number of benzene rings is 1. The van der Waals surface area contributed by atoms with Crippen LogP contribution >= 0.6 is 0 Å². The van der Waals surface area contributed by atoms with Crippen LogP contribution in [0.1, 0.15) is 12.8 Å². The van der Waals surface area contributed by atoms with Crippen LogP contribution in [0, 0.1) is 0 Å². The van der Waals surface area contributed by atoms with Crippen molar-refractivity contribution in [3.8, 4) is 11.5 Å². The average Bonchev–Trinajstić information content (AvgIpc) is 2.43. The normalized spacial score (nSPS) is 22.8. The van der Waals surface area contributed by atoms with Gasteiger partial charge in [0, 0.05) is 40.5 Å². The van der Waals surface area contributed by atoms with E-state index in [1.807, 2.05) is 6.07 Å².